The maximum Gasteiger partial charge on any atom is 0.270 e. The lowest BCUT2D eigenvalue weighted by Gasteiger charge is -2.04. The molecule has 0 saturated heterocycles. The molecule has 0 aliphatic carbocycles. The van der Waals surface area contributed by atoms with E-state index in [4.69, 9.17) is 5.73 Å². The lowest BCUT2D eigenvalue weighted by molar-refractivity contribution is -0.384. The summed E-state index contributed by atoms with van der Waals surface area (Å²) in [5.74, 6) is 0.433. The van der Waals surface area contributed by atoms with Crippen LogP contribution in [0, 0.1) is 17.0 Å². The molecule has 2 rings (SSSR count). The van der Waals surface area contributed by atoms with Gasteiger partial charge >= 0.3 is 0 Å². The Bertz CT molecular complexity index is 647. The molecule has 98 valence electrons. The van der Waals surface area contributed by atoms with Crippen LogP contribution in [-0.4, -0.2) is 26.1 Å². The minimum atomic E-state index is -0.448. The average molecular weight is 277 g/mol. The summed E-state index contributed by atoms with van der Waals surface area (Å²) >= 11 is 1.33. The first-order chi connectivity index (χ1) is 8.99. The van der Waals surface area contributed by atoms with Crippen LogP contribution in [-0.2, 0) is 0 Å². The summed E-state index contributed by atoms with van der Waals surface area (Å²) in [4.78, 5) is 22.6. The smallest absolute Gasteiger partial charge is 0.270 e. The highest BCUT2D eigenvalue weighted by Crippen LogP contribution is 2.24. The first kappa shape index (κ1) is 13.2. The monoisotopic (exact) mass is 277 g/mol. The van der Waals surface area contributed by atoms with Crippen LogP contribution in [0.15, 0.2) is 23.4 Å². The highest BCUT2D eigenvalue weighted by Gasteiger charge is 2.12. The van der Waals surface area contributed by atoms with Crippen molar-refractivity contribution >= 4 is 23.4 Å². The molecule has 1 aromatic heterocycles. The molecule has 0 spiro atoms. The third-order valence-corrected chi connectivity index (χ3v) is 2.89. The molecule has 0 saturated carbocycles. The van der Waals surface area contributed by atoms with Gasteiger partial charge in [-0.05, 0) is 24.8 Å². The molecule has 0 aliphatic heterocycles. The number of benzene rings is 1. The zero-order valence-corrected chi connectivity index (χ0v) is 11.1. The Hall–Kier alpha value is -2.22. The predicted molar refractivity (Wildman–Crippen MR) is 72.8 cm³/mol. The number of hydrogen-bond acceptors (Lipinski definition) is 7. The number of hydrogen-bond donors (Lipinski definition) is 1. The first-order valence-corrected chi connectivity index (χ1v) is 6.54. The van der Waals surface area contributed by atoms with E-state index in [9.17, 15) is 10.1 Å². The highest BCUT2D eigenvalue weighted by molar-refractivity contribution is 7.98. The van der Waals surface area contributed by atoms with Gasteiger partial charge in [-0.3, -0.25) is 10.1 Å². The minimum Gasteiger partial charge on any atom is -0.368 e. The second-order valence-electron chi connectivity index (χ2n) is 3.82. The molecule has 0 bridgehead atoms. The number of rotatable bonds is 3. The van der Waals surface area contributed by atoms with Crippen molar-refractivity contribution in [2.75, 3.05) is 12.0 Å². The molecule has 2 aromatic rings. The van der Waals surface area contributed by atoms with Gasteiger partial charge in [0.2, 0.25) is 5.95 Å². The van der Waals surface area contributed by atoms with Crippen molar-refractivity contribution in [1.29, 1.82) is 0 Å². The van der Waals surface area contributed by atoms with Crippen molar-refractivity contribution in [2.45, 2.75) is 12.1 Å². The van der Waals surface area contributed by atoms with Gasteiger partial charge in [0, 0.05) is 17.7 Å². The lowest BCUT2D eigenvalue weighted by atomic mass is 10.1. The summed E-state index contributed by atoms with van der Waals surface area (Å²) in [7, 11) is 0. The molecule has 0 atom stereocenters. The number of nitrogens with zero attached hydrogens (tertiary/aromatic N) is 4. The van der Waals surface area contributed by atoms with Crippen molar-refractivity contribution in [3.05, 3.63) is 33.9 Å². The molecule has 0 aliphatic rings. The van der Waals surface area contributed by atoms with Gasteiger partial charge in [-0.15, -0.1) is 0 Å². The van der Waals surface area contributed by atoms with Crippen molar-refractivity contribution in [3.63, 3.8) is 0 Å². The number of thioether (sulfide) groups is 1. The molecule has 0 unspecified atom stereocenters. The highest BCUT2D eigenvalue weighted by atomic mass is 32.2. The summed E-state index contributed by atoms with van der Waals surface area (Å²) in [6.07, 6.45) is 1.82. The van der Waals surface area contributed by atoms with Gasteiger partial charge in [0.1, 0.15) is 0 Å². The summed E-state index contributed by atoms with van der Waals surface area (Å²) in [5.41, 5.74) is 6.91. The topological polar surface area (TPSA) is 108 Å². The van der Waals surface area contributed by atoms with Gasteiger partial charge in [-0.25, -0.2) is 4.98 Å². The van der Waals surface area contributed by atoms with E-state index in [-0.39, 0.29) is 11.6 Å². The first-order valence-electron chi connectivity index (χ1n) is 5.31. The molecule has 8 heteroatoms. The quantitative estimate of drug-likeness (QED) is 0.519. The Labute approximate surface area is 113 Å². The summed E-state index contributed by atoms with van der Waals surface area (Å²) in [6, 6.07) is 4.68. The number of nitrogens with two attached hydrogens (primary N) is 1. The Morgan fingerprint density at radius 1 is 1.26 bits per heavy atom. The van der Waals surface area contributed by atoms with E-state index in [1.54, 1.807) is 13.0 Å². The SMILES string of the molecule is CSc1nc(N)nc(-c2cc(C)cc([N+](=O)[O-])c2)n1. The fraction of sp³-hybridized carbons (Fsp3) is 0.182. The maximum absolute atomic E-state index is 10.9. The van der Waals surface area contributed by atoms with Crippen molar-refractivity contribution in [1.82, 2.24) is 15.0 Å². The van der Waals surface area contributed by atoms with Crippen LogP contribution in [0.4, 0.5) is 11.6 Å². The number of nitro benzene ring substituents is 1. The zero-order chi connectivity index (χ0) is 14.0. The molecule has 0 radical (unpaired) electrons. The Balaban J connectivity index is 2.58. The van der Waals surface area contributed by atoms with Crippen LogP contribution < -0.4 is 5.73 Å². The van der Waals surface area contributed by atoms with Crippen molar-refractivity contribution < 1.29 is 4.92 Å². The summed E-state index contributed by atoms with van der Waals surface area (Å²) in [6.45, 7) is 1.77. The van der Waals surface area contributed by atoms with E-state index >= 15 is 0 Å². The number of nitro groups is 1. The van der Waals surface area contributed by atoms with Crippen LogP contribution in [0.5, 0.6) is 0 Å². The largest absolute Gasteiger partial charge is 0.368 e. The Morgan fingerprint density at radius 2 is 2.00 bits per heavy atom. The third kappa shape index (κ3) is 2.97. The van der Waals surface area contributed by atoms with Crippen LogP contribution in [0.3, 0.4) is 0 Å². The molecule has 1 aromatic carbocycles. The van der Waals surface area contributed by atoms with Gasteiger partial charge < -0.3 is 5.73 Å². The number of nitrogen functional groups attached to an aromatic ring is 1. The molecule has 2 N–H and O–H groups in total. The number of aromatic nitrogens is 3. The molecule has 0 fully saturated rings. The lowest BCUT2D eigenvalue weighted by Crippen LogP contribution is -2.01. The van der Waals surface area contributed by atoms with E-state index < -0.39 is 4.92 Å². The Kier molecular flexibility index (Phi) is 3.61. The van der Waals surface area contributed by atoms with Crippen LogP contribution >= 0.6 is 11.8 Å². The Morgan fingerprint density at radius 3 is 2.63 bits per heavy atom. The molecule has 19 heavy (non-hydrogen) atoms. The van der Waals surface area contributed by atoms with E-state index in [0.29, 0.717) is 16.5 Å². The zero-order valence-electron chi connectivity index (χ0n) is 10.3. The van der Waals surface area contributed by atoms with Gasteiger partial charge in [-0.1, -0.05) is 11.8 Å². The predicted octanol–water partition coefficient (Wildman–Crippen LogP) is 2.06. The molecular formula is C11H11N5O2S. The van der Waals surface area contributed by atoms with Crippen LogP contribution in [0.1, 0.15) is 5.56 Å². The van der Waals surface area contributed by atoms with Crippen molar-refractivity contribution in [2.24, 2.45) is 0 Å². The fourth-order valence-electron chi connectivity index (χ4n) is 1.59. The molecular weight excluding hydrogens is 266 g/mol. The van der Waals surface area contributed by atoms with Crippen LogP contribution in [0.2, 0.25) is 0 Å². The second kappa shape index (κ2) is 5.19. The average Bonchev–Trinajstić information content (AvgIpc) is 2.37. The van der Waals surface area contributed by atoms with Crippen molar-refractivity contribution in [3.8, 4) is 11.4 Å². The molecule has 1 heterocycles. The van der Waals surface area contributed by atoms with Gasteiger partial charge in [0.15, 0.2) is 11.0 Å². The fourth-order valence-corrected chi connectivity index (χ4v) is 1.95. The second-order valence-corrected chi connectivity index (χ2v) is 4.59. The number of aryl methyl sites for hydroxylation is 1. The summed E-state index contributed by atoms with van der Waals surface area (Å²) in [5, 5.41) is 11.3. The third-order valence-electron chi connectivity index (χ3n) is 2.35. The number of non-ortho nitro benzene ring substituents is 1. The van der Waals surface area contributed by atoms with Gasteiger partial charge in [0.25, 0.3) is 5.69 Å². The van der Waals surface area contributed by atoms with E-state index in [1.807, 2.05) is 6.26 Å². The minimum absolute atomic E-state index is 0.000291. The number of anilines is 1. The normalized spacial score (nSPS) is 10.4. The van der Waals surface area contributed by atoms with E-state index in [1.165, 1.54) is 23.9 Å². The van der Waals surface area contributed by atoms with E-state index in [0.717, 1.165) is 5.56 Å². The molecule has 0 amide bonds. The standard InChI is InChI=1S/C11H11N5O2S/c1-6-3-7(5-8(4-6)16(17)18)9-13-10(12)15-11(14-9)19-2/h3-5H,1-2H3,(H2,12,13,14,15). The van der Waals surface area contributed by atoms with Gasteiger partial charge in [-0.2, -0.15) is 9.97 Å². The maximum atomic E-state index is 10.9. The van der Waals surface area contributed by atoms with E-state index in [2.05, 4.69) is 15.0 Å². The van der Waals surface area contributed by atoms with Crippen LogP contribution in [0.25, 0.3) is 11.4 Å². The summed E-state index contributed by atoms with van der Waals surface area (Å²) < 4.78 is 0. The van der Waals surface area contributed by atoms with Gasteiger partial charge in [0.05, 0.1) is 4.92 Å². The molecule has 7 nitrogen and oxygen atoms in total.